The first kappa shape index (κ1) is 12.4. The van der Waals surface area contributed by atoms with E-state index in [9.17, 15) is 4.79 Å². The number of rotatable bonds is 4. The highest BCUT2D eigenvalue weighted by atomic mass is 16.5. The molecule has 0 aliphatic rings. The molecule has 0 radical (unpaired) electrons. The predicted molar refractivity (Wildman–Crippen MR) is 68.4 cm³/mol. The molecule has 5 heteroatoms. The number of H-pyrrole nitrogens is 1. The normalized spacial score (nSPS) is 12.4. The second kappa shape index (κ2) is 5.10. The summed E-state index contributed by atoms with van der Waals surface area (Å²) < 4.78 is 10.1. The topological polar surface area (TPSA) is 77.3 Å². The molecule has 5 nitrogen and oxygen atoms in total. The highest BCUT2D eigenvalue weighted by molar-refractivity contribution is 5.90. The minimum Gasteiger partial charge on any atom is -0.497 e. The minimum atomic E-state index is -0.786. The number of nitrogens with two attached hydrogens (primary N) is 1. The molecule has 0 aliphatic heterocycles. The van der Waals surface area contributed by atoms with Gasteiger partial charge in [-0.1, -0.05) is 0 Å². The Balaban J connectivity index is 2.41. The predicted octanol–water partition coefficient (Wildman–Crippen LogP) is 1.74. The number of hydrogen-bond donors (Lipinski definition) is 2. The number of aromatic nitrogens is 1. The summed E-state index contributed by atoms with van der Waals surface area (Å²) in [7, 11) is 1.60. The largest absolute Gasteiger partial charge is 0.497 e. The van der Waals surface area contributed by atoms with Crippen LogP contribution in [0.4, 0.5) is 0 Å². The van der Waals surface area contributed by atoms with E-state index in [1.165, 1.54) is 0 Å². The van der Waals surface area contributed by atoms with Crippen LogP contribution in [-0.4, -0.2) is 24.7 Å². The molecule has 2 rings (SSSR count). The average Bonchev–Trinajstić information content (AvgIpc) is 2.80. The number of methoxy groups -OCH3 is 1. The second-order valence-electron chi connectivity index (χ2n) is 3.89. The monoisotopic (exact) mass is 248 g/mol. The van der Waals surface area contributed by atoms with Gasteiger partial charge in [-0.05, 0) is 25.1 Å². The first-order chi connectivity index (χ1) is 8.67. The van der Waals surface area contributed by atoms with Crippen molar-refractivity contribution in [2.75, 3.05) is 13.7 Å². The van der Waals surface area contributed by atoms with Crippen LogP contribution in [-0.2, 0) is 9.53 Å². The molecule has 0 aliphatic carbocycles. The van der Waals surface area contributed by atoms with Gasteiger partial charge in [0.1, 0.15) is 11.8 Å². The van der Waals surface area contributed by atoms with Crippen molar-refractivity contribution in [3.63, 3.8) is 0 Å². The van der Waals surface area contributed by atoms with Gasteiger partial charge in [0.05, 0.1) is 13.7 Å². The number of ether oxygens (including phenoxy) is 2. The SMILES string of the molecule is CCOC(=O)C(N)c1c[nH]c2ccc(OC)cc12. The number of carbonyl (C=O) groups excluding carboxylic acids is 1. The van der Waals surface area contributed by atoms with E-state index in [2.05, 4.69) is 4.98 Å². The van der Waals surface area contributed by atoms with Gasteiger partial charge < -0.3 is 20.2 Å². The van der Waals surface area contributed by atoms with E-state index in [0.717, 1.165) is 16.7 Å². The smallest absolute Gasteiger partial charge is 0.327 e. The molecule has 1 aromatic carbocycles. The molecule has 1 unspecified atom stereocenters. The summed E-state index contributed by atoms with van der Waals surface area (Å²) in [5.41, 5.74) is 7.51. The Morgan fingerprint density at radius 1 is 1.50 bits per heavy atom. The highest BCUT2D eigenvalue weighted by Gasteiger charge is 2.20. The maximum absolute atomic E-state index is 11.6. The summed E-state index contributed by atoms with van der Waals surface area (Å²) in [6, 6.07) is 4.79. The van der Waals surface area contributed by atoms with E-state index in [0.29, 0.717) is 12.2 Å². The van der Waals surface area contributed by atoms with Gasteiger partial charge >= 0.3 is 5.97 Å². The van der Waals surface area contributed by atoms with Crippen molar-refractivity contribution < 1.29 is 14.3 Å². The summed E-state index contributed by atoms with van der Waals surface area (Å²) in [6.07, 6.45) is 1.73. The summed E-state index contributed by atoms with van der Waals surface area (Å²) in [6.45, 7) is 2.07. The molecule has 96 valence electrons. The maximum Gasteiger partial charge on any atom is 0.327 e. The summed E-state index contributed by atoms with van der Waals surface area (Å²) >= 11 is 0. The molecule has 0 fully saturated rings. The molecule has 3 N–H and O–H groups in total. The van der Waals surface area contributed by atoms with Gasteiger partial charge in [-0.25, -0.2) is 4.79 Å². The summed E-state index contributed by atoms with van der Waals surface area (Å²) in [5.74, 6) is 0.292. The van der Waals surface area contributed by atoms with Gasteiger partial charge in [0.25, 0.3) is 0 Å². The Morgan fingerprint density at radius 3 is 2.94 bits per heavy atom. The lowest BCUT2D eigenvalue weighted by atomic mass is 10.1. The standard InChI is InChI=1S/C13H16N2O3/c1-3-18-13(16)12(14)10-7-15-11-5-4-8(17-2)6-9(10)11/h4-7,12,15H,3,14H2,1-2H3. The van der Waals surface area contributed by atoms with Gasteiger partial charge in [0.15, 0.2) is 0 Å². The molecule has 2 aromatic rings. The van der Waals surface area contributed by atoms with Gasteiger partial charge in [0, 0.05) is 22.7 Å². The molecule has 0 bridgehead atoms. The van der Waals surface area contributed by atoms with Crippen LogP contribution in [0.3, 0.4) is 0 Å². The zero-order chi connectivity index (χ0) is 13.1. The minimum absolute atomic E-state index is 0.318. The van der Waals surface area contributed by atoms with Gasteiger partial charge in [0.2, 0.25) is 0 Å². The number of esters is 1. The molecule has 1 aromatic heterocycles. The van der Waals surface area contributed by atoms with Crippen LogP contribution in [0.1, 0.15) is 18.5 Å². The first-order valence-corrected chi connectivity index (χ1v) is 5.74. The van der Waals surface area contributed by atoms with Crippen LogP contribution >= 0.6 is 0 Å². The number of fused-ring (bicyclic) bond motifs is 1. The number of nitrogens with one attached hydrogen (secondary N) is 1. The van der Waals surface area contributed by atoms with Gasteiger partial charge in [-0.15, -0.1) is 0 Å². The lowest BCUT2D eigenvalue weighted by molar-refractivity contribution is -0.144. The van der Waals surface area contributed by atoms with Crippen molar-refractivity contribution in [1.29, 1.82) is 0 Å². The van der Waals surface area contributed by atoms with Crippen molar-refractivity contribution in [2.45, 2.75) is 13.0 Å². The summed E-state index contributed by atoms with van der Waals surface area (Å²) in [5, 5.41) is 0.870. The first-order valence-electron chi connectivity index (χ1n) is 5.74. The fourth-order valence-corrected chi connectivity index (χ4v) is 1.86. The maximum atomic E-state index is 11.6. The van der Waals surface area contributed by atoms with Crippen LogP contribution < -0.4 is 10.5 Å². The molecule has 0 saturated carbocycles. The van der Waals surface area contributed by atoms with Gasteiger partial charge in [-0.3, -0.25) is 0 Å². The number of aromatic amines is 1. The molecule has 0 amide bonds. The van der Waals surface area contributed by atoms with Crippen molar-refractivity contribution >= 4 is 16.9 Å². The van der Waals surface area contributed by atoms with Crippen LogP contribution in [0, 0.1) is 0 Å². The van der Waals surface area contributed by atoms with E-state index in [4.69, 9.17) is 15.2 Å². The van der Waals surface area contributed by atoms with E-state index in [-0.39, 0.29) is 0 Å². The Labute approximate surface area is 105 Å². The fraction of sp³-hybridized carbons (Fsp3) is 0.308. The van der Waals surface area contributed by atoms with Crippen LogP contribution in [0.2, 0.25) is 0 Å². The Hall–Kier alpha value is -2.01. The van der Waals surface area contributed by atoms with Crippen molar-refractivity contribution in [1.82, 2.24) is 4.98 Å². The summed E-state index contributed by atoms with van der Waals surface area (Å²) in [4.78, 5) is 14.7. The zero-order valence-electron chi connectivity index (χ0n) is 10.4. The second-order valence-corrected chi connectivity index (χ2v) is 3.89. The zero-order valence-corrected chi connectivity index (χ0v) is 10.4. The lowest BCUT2D eigenvalue weighted by Gasteiger charge is -2.09. The van der Waals surface area contributed by atoms with E-state index >= 15 is 0 Å². The third kappa shape index (κ3) is 2.17. The van der Waals surface area contributed by atoms with E-state index in [1.807, 2.05) is 18.2 Å². The number of benzene rings is 1. The van der Waals surface area contributed by atoms with E-state index in [1.54, 1.807) is 20.2 Å². The fourth-order valence-electron chi connectivity index (χ4n) is 1.86. The molecule has 0 saturated heterocycles. The third-order valence-corrected chi connectivity index (χ3v) is 2.80. The van der Waals surface area contributed by atoms with Gasteiger partial charge in [-0.2, -0.15) is 0 Å². The molecule has 0 spiro atoms. The van der Waals surface area contributed by atoms with Crippen LogP contribution in [0.15, 0.2) is 24.4 Å². The van der Waals surface area contributed by atoms with Crippen LogP contribution in [0.5, 0.6) is 5.75 Å². The Morgan fingerprint density at radius 2 is 2.28 bits per heavy atom. The van der Waals surface area contributed by atoms with Crippen molar-refractivity contribution in [2.24, 2.45) is 5.73 Å². The quantitative estimate of drug-likeness (QED) is 0.808. The Kier molecular flexibility index (Phi) is 3.53. The molecule has 1 atom stereocenters. The number of carbonyl (C=O) groups is 1. The molecular formula is C13H16N2O3. The lowest BCUT2D eigenvalue weighted by Crippen LogP contribution is -2.23. The molecule has 1 heterocycles. The average molecular weight is 248 g/mol. The number of hydrogen-bond acceptors (Lipinski definition) is 4. The van der Waals surface area contributed by atoms with E-state index < -0.39 is 12.0 Å². The third-order valence-electron chi connectivity index (χ3n) is 2.80. The Bertz CT molecular complexity index is 562. The van der Waals surface area contributed by atoms with Crippen molar-refractivity contribution in [3.8, 4) is 5.75 Å². The molecule has 18 heavy (non-hydrogen) atoms. The highest BCUT2D eigenvalue weighted by Crippen LogP contribution is 2.27. The van der Waals surface area contributed by atoms with Crippen LogP contribution in [0.25, 0.3) is 10.9 Å². The molecular weight excluding hydrogens is 232 g/mol. The van der Waals surface area contributed by atoms with Crippen molar-refractivity contribution in [3.05, 3.63) is 30.0 Å².